The molecule has 0 unspecified atom stereocenters. The predicted octanol–water partition coefficient (Wildman–Crippen LogP) is 1.92. The zero-order valence-corrected chi connectivity index (χ0v) is 7.91. The molecule has 0 aliphatic rings. The van der Waals surface area contributed by atoms with Crippen molar-refractivity contribution in [2.75, 3.05) is 7.11 Å². The highest BCUT2D eigenvalue weighted by molar-refractivity contribution is 5.87. The first kappa shape index (κ1) is 8.81. The Morgan fingerprint density at radius 2 is 2.36 bits per heavy atom. The van der Waals surface area contributed by atoms with Crippen molar-refractivity contribution in [3.63, 3.8) is 0 Å². The molecule has 0 atom stereocenters. The summed E-state index contributed by atoms with van der Waals surface area (Å²) in [6.45, 7) is 0. The SMILES string of the molecule is COc1cccc2[nH]c(CC=O)cc12. The average Bonchev–Trinajstić information content (AvgIpc) is 2.60. The van der Waals surface area contributed by atoms with E-state index in [4.69, 9.17) is 4.74 Å². The molecule has 1 N–H and O–H groups in total. The van der Waals surface area contributed by atoms with E-state index in [0.29, 0.717) is 6.42 Å². The van der Waals surface area contributed by atoms with Gasteiger partial charge in [0.05, 0.1) is 7.11 Å². The van der Waals surface area contributed by atoms with Gasteiger partial charge in [0.2, 0.25) is 0 Å². The van der Waals surface area contributed by atoms with Crippen molar-refractivity contribution in [1.29, 1.82) is 0 Å². The lowest BCUT2D eigenvalue weighted by atomic mass is 10.2. The number of hydrogen-bond donors (Lipinski definition) is 1. The third-order valence-corrected chi connectivity index (χ3v) is 2.20. The molecule has 0 fully saturated rings. The van der Waals surface area contributed by atoms with Crippen LogP contribution in [0.25, 0.3) is 10.9 Å². The van der Waals surface area contributed by atoms with Gasteiger partial charge in [0, 0.05) is 23.0 Å². The van der Waals surface area contributed by atoms with Crippen LogP contribution in [0.5, 0.6) is 5.75 Å². The fourth-order valence-corrected chi connectivity index (χ4v) is 1.56. The lowest BCUT2D eigenvalue weighted by Crippen LogP contribution is -1.83. The van der Waals surface area contributed by atoms with Crippen molar-refractivity contribution in [3.05, 3.63) is 30.0 Å². The molecule has 0 amide bonds. The van der Waals surface area contributed by atoms with E-state index in [0.717, 1.165) is 28.6 Å². The van der Waals surface area contributed by atoms with Gasteiger partial charge in [0.25, 0.3) is 0 Å². The Labute approximate surface area is 81.7 Å². The largest absolute Gasteiger partial charge is 0.496 e. The van der Waals surface area contributed by atoms with Gasteiger partial charge >= 0.3 is 0 Å². The number of rotatable bonds is 3. The number of aldehydes is 1. The molecule has 3 nitrogen and oxygen atoms in total. The number of nitrogens with one attached hydrogen (secondary N) is 1. The molecule has 0 bridgehead atoms. The highest BCUT2D eigenvalue weighted by Gasteiger charge is 2.04. The highest BCUT2D eigenvalue weighted by atomic mass is 16.5. The van der Waals surface area contributed by atoms with Crippen molar-refractivity contribution in [2.45, 2.75) is 6.42 Å². The molecule has 2 rings (SSSR count). The summed E-state index contributed by atoms with van der Waals surface area (Å²) < 4.78 is 5.21. The second-order valence-corrected chi connectivity index (χ2v) is 3.09. The van der Waals surface area contributed by atoms with E-state index in [1.807, 2.05) is 24.3 Å². The average molecular weight is 189 g/mol. The Morgan fingerprint density at radius 1 is 1.50 bits per heavy atom. The van der Waals surface area contributed by atoms with Gasteiger partial charge in [-0.1, -0.05) is 6.07 Å². The number of fused-ring (bicyclic) bond motifs is 1. The van der Waals surface area contributed by atoms with Crippen LogP contribution in [-0.2, 0) is 11.2 Å². The number of carbonyl (C=O) groups excluding carboxylic acids is 1. The quantitative estimate of drug-likeness (QED) is 0.749. The zero-order chi connectivity index (χ0) is 9.97. The standard InChI is InChI=1S/C11H11NO2/c1-14-11-4-2-3-10-9(11)7-8(12-10)5-6-13/h2-4,6-7,12H,5H2,1H3. The van der Waals surface area contributed by atoms with Crippen molar-refractivity contribution >= 4 is 17.2 Å². The summed E-state index contributed by atoms with van der Waals surface area (Å²) in [5, 5.41) is 1.02. The number of aromatic nitrogens is 1. The summed E-state index contributed by atoms with van der Waals surface area (Å²) >= 11 is 0. The molecule has 14 heavy (non-hydrogen) atoms. The van der Waals surface area contributed by atoms with E-state index in [2.05, 4.69) is 4.98 Å². The van der Waals surface area contributed by atoms with Crippen LogP contribution in [0.1, 0.15) is 5.69 Å². The topological polar surface area (TPSA) is 42.1 Å². The summed E-state index contributed by atoms with van der Waals surface area (Å²) in [4.78, 5) is 13.5. The fourth-order valence-electron chi connectivity index (χ4n) is 1.56. The van der Waals surface area contributed by atoms with E-state index in [1.165, 1.54) is 0 Å². The van der Waals surface area contributed by atoms with Crippen LogP contribution < -0.4 is 4.74 Å². The molecule has 0 spiro atoms. The molecule has 0 saturated carbocycles. The van der Waals surface area contributed by atoms with Crippen LogP contribution in [-0.4, -0.2) is 18.4 Å². The van der Waals surface area contributed by atoms with E-state index < -0.39 is 0 Å². The minimum Gasteiger partial charge on any atom is -0.496 e. The summed E-state index contributed by atoms with van der Waals surface area (Å²) in [5.74, 6) is 0.830. The first-order chi connectivity index (χ1) is 6.85. The number of H-pyrrole nitrogens is 1. The number of methoxy groups -OCH3 is 1. The van der Waals surface area contributed by atoms with E-state index >= 15 is 0 Å². The molecule has 1 aromatic carbocycles. The molecule has 0 saturated heterocycles. The Balaban J connectivity index is 2.57. The van der Waals surface area contributed by atoms with Crippen molar-refractivity contribution in [3.8, 4) is 5.75 Å². The normalized spacial score (nSPS) is 10.4. The van der Waals surface area contributed by atoms with Crippen LogP contribution in [0.15, 0.2) is 24.3 Å². The Kier molecular flexibility index (Phi) is 2.23. The van der Waals surface area contributed by atoms with Crippen molar-refractivity contribution in [1.82, 2.24) is 4.98 Å². The number of carbonyl (C=O) groups is 1. The Hall–Kier alpha value is -1.77. The summed E-state index contributed by atoms with van der Waals surface area (Å²) in [6.07, 6.45) is 1.30. The first-order valence-electron chi connectivity index (χ1n) is 4.43. The van der Waals surface area contributed by atoms with E-state index in [-0.39, 0.29) is 0 Å². The second kappa shape index (κ2) is 3.54. The van der Waals surface area contributed by atoms with Gasteiger partial charge in [-0.25, -0.2) is 0 Å². The van der Waals surface area contributed by atoms with Gasteiger partial charge in [0.15, 0.2) is 0 Å². The number of aromatic amines is 1. The van der Waals surface area contributed by atoms with Crippen LogP contribution in [0.4, 0.5) is 0 Å². The highest BCUT2D eigenvalue weighted by Crippen LogP contribution is 2.25. The molecule has 0 aliphatic carbocycles. The van der Waals surface area contributed by atoms with Crippen LogP contribution in [0.2, 0.25) is 0 Å². The molecule has 0 aliphatic heterocycles. The number of hydrogen-bond acceptors (Lipinski definition) is 2. The Bertz CT molecular complexity index is 459. The van der Waals surface area contributed by atoms with Crippen LogP contribution >= 0.6 is 0 Å². The van der Waals surface area contributed by atoms with Crippen molar-refractivity contribution < 1.29 is 9.53 Å². The minimum absolute atomic E-state index is 0.415. The third kappa shape index (κ3) is 1.37. The summed E-state index contributed by atoms with van der Waals surface area (Å²) in [6, 6.07) is 7.73. The Morgan fingerprint density at radius 3 is 3.07 bits per heavy atom. The van der Waals surface area contributed by atoms with Gasteiger partial charge in [-0.2, -0.15) is 0 Å². The molecule has 72 valence electrons. The smallest absolute Gasteiger partial charge is 0.128 e. The monoisotopic (exact) mass is 189 g/mol. The molecule has 3 heteroatoms. The maximum absolute atomic E-state index is 10.4. The van der Waals surface area contributed by atoms with Gasteiger partial charge in [0.1, 0.15) is 12.0 Å². The number of benzene rings is 1. The molecule has 2 aromatic rings. The number of ether oxygens (including phenoxy) is 1. The first-order valence-corrected chi connectivity index (χ1v) is 4.43. The molecular formula is C11H11NO2. The van der Waals surface area contributed by atoms with Crippen LogP contribution in [0.3, 0.4) is 0 Å². The van der Waals surface area contributed by atoms with Gasteiger partial charge in [-0.15, -0.1) is 0 Å². The predicted molar refractivity (Wildman–Crippen MR) is 54.6 cm³/mol. The summed E-state index contributed by atoms with van der Waals surface area (Å²) in [7, 11) is 1.64. The maximum atomic E-state index is 10.4. The van der Waals surface area contributed by atoms with Gasteiger partial charge in [-0.3, -0.25) is 0 Å². The second-order valence-electron chi connectivity index (χ2n) is 3.09. The molecule has 0 radical (unpaired) electrons. The lowest BCUT2D eigenvalue weighted by Gasteiger charge is -1.99. The van der Waals surface area contributed by atoms with Crippen molar-refractivity contribution in [2.24, 2.45) is 0 Å². The lowest BCUT2D eigenvalue weighted by molar-refractivity contribution is -0.107. The molecule has 1 aromatic heterocycles. The zero-order valence-electron chi connectivity index (χ0n) is 7.91. The third-order valence-electron chi connectivity index (χ3n) is 2.20. The van der Waals surface area contributed by atoms with E-state index in [9.17, 15) is 4.79 Å². The minimum atomic E-state index is 0.415. The maximum Gasteiger partial charge on any atom is 0.128 e. The molecular weight excluding hydrogens is 178 g/mol. The van der Waals surface area contributed by atoms with Gasteiger partial charge < -0.3 is 14.5 Å². The van der Waals surface area contributed by atoms with E-state index in [1.54, 1.807) is 7.11 Å². The molecule has 1 heterocycles. The van der Waals surface area contributed by atoms with Crippen LogP contribution in [0, 0.1) is 0 Å². The van der Waals surface area contributed by atoms with Gasteiger partial charge in [-0.05, 0) is 18.2 Å². The summed E-state index contributed by atoms with van der Waals surface area (Å²) in [5.41, 5.74) is 1.92. The fraction of sp³-hybridized carbons (Fsp3) is 0.182.